The predicted octanol–water partition coefficient (Wildman–Crippen LogP) is 4.49. The minimum atomic E-state index is -0.235. The van der Waals surface area contributed by atoms with Crippen LogP contribution in [0.15, 0.2) is 72.8 Å². The lowest BCUT2D eigenvalue weighted by molar-refractivity contribution is 0.0951. The van der Waals surface area contributed by atoms with Crippen molar-refractivity contribution in [3.8, 4) is 0 Å². The van der Waals surface area contributed by atoms with Gasteiger partial charge in [-0.05, 0) is 54.8 Å². The first-order valence-corrected chi connectivity index (χ1v) is 8.84. The summed E-state index contributed by atoms with van der Waals surface area (Å²) < 4.78 is 0. The molecule has 2 N–H and O–H groups in total. The van der Waals surface area contributed by atoms with E-state index in [-0.39, 0.29) is 11.8 Å². The van der Waals surface area contributed by atoms with Crippen molar-refractivity contribution in [2.24, 2.45) is 0 Å². The van der Waals surface area contributed by atoms with Crippen LogP contribution >= 0.6 is 0 Å². The van der Waals surface area contributed by atoms with Crippen molar-refractivity contribution in [3.05, 3.63) is 101 Å². The third kappa shape index (κ3) is 4.82. The van der Waals surface area contributed by atoms with Crippen LogP contribution in [-0.2, 0) is 6.54 Å². The van der Waals surface area contributed by atoms with Crippen LogP contribution in [0.3, 0.4) is 0 Å². The van der Waals surface area contributed by atoms with Crippen molar-refractivity contribution in [1.29, 1.82) is 0 Å². The second-order valence-corrected chi connectivity index (χ2v) is 6.52. The van der Waals surface area contributed by atoms with Crippen LogP contribution in [0.1, 0.15) is 37.4 Å². The van der Waals surface area contributed by atoms with Crippen molar-refractivity contribution in [2.75, 3.05) is 5.32 Å². The van der Waals surface area contributed by atoms with E-state index in [9.17, 15) is 9.59 Å². The number of amides is 2. The van der Waals surface area contributed by atoms with Crippen LogP contribution in [-0.4, -0.2) is 11.8 Å². The average Bonchev–Trinajstić information content (AvgIpc) is 2.69. The lowest BCUT2D eigenvalue weighted by Gasteiger charge is -2.10. The van der Waals surface area contributed by atoms with Gasteiger partial charge in [0.25, 0.3) is 11.8 Å². The SMILES string of the molecule is Cc1ccc(C)c(NC(=O)c2cccc(C(=O)NCc3ccccc3)c2)c1. The van der Waals surface area contributed by atoms with Crippen LogP contribution in [0.25, 0.3) is 0 Å². The largest absolute Gasteiger partial charge is 0.348 e. The fourth-order valence-electron chi connectivity index (χ4n) is 2.75. The minimum absolute atomic E-state index is 0.208. The number of benzene rings is 3. The zero-order valence-corrected chi connectivity index (χ0v) is 15.5. The van der Waals surface area contributed by atoms with Crippen LogP contribution in [0.4, 0.5) is 5.69 Å². The Hall–Kier alpha value is -3.40. The fourth-order valence-corrected chi connectivity index (χ4v) is 2.75. The van der Waals surface area contributed by atoms with Gasteiger partial charge in [-0.1, -0.05) is 48.5 Å². The van der Waals surface area contributed by atoms with E-state index in [1.807, 2.05) is 62.4 Å². The van der Waals surface area contributed by atoms with Crippen molar-refractivity contribution >= 4 is 17.5 Å². The van der Waals surface area contributed by atoms with E-state index in [1.165, 1.54) is 0 Å². The van der Waals surface area contributed by atoms with Gasteiger partial charge in [0, 0.05) is 23.4 Å². The molecule has 4 heteroatoms. The Labute approximate surface area is 159 Å². The molecule has 3 aromatic carbocycles. The Kier molecular flexibility index (Phi) is 5.67. The highest BCUT2D eigenvalue weighted by Crippen LogP contribution is 2.18. The second kappa shape index (κ2) is 8.32. The summed E-state index contributed by atoms with van der Waals surface area (Å²) in [5.74, 6) is -0.443. The van der Waals surface area contributed by atoms with Crippen molar-refractivity contribution in [2.45, 2.75) is 20.4 Å². The van der Waals surface area contributed by atoms with Crippen LogP contribution in [0, 0.1) is 13.8 Å². The number of aryl methyl sites for hydroxylation is 2. The molecule has 0 aliphatic heterocycles. The standard InChI is InChI=1S/C23H22N2O2/c1-16-11-12-17(2)21(13-16)25-23(27)20-10-6-9-19(14-20)22(26)24-15-18-7-4-3-5-8-18/h3-14H,15H2,1-2H3,(H,24,26)(H,25,27). The number of rotatable bonds is 5. The van der Waals surface area contributed by atoms with Crippen molar-refractivity contribution in [3.63, 3.8) is 0 Å². The number of carbonyl (C=O) groups is 2. The Morgan fingerprint density at radius 2 is 1.48 bits per heavy atom. The molecule has 0 aliphatic rings. The Morgan fingerprint density at radius 1 is 0.778 bits per heavy atom. The molecule has 4 nitrogen and oxygen atoms in total. The number of carbonyl (C=O) groups excluding carboxylic acids is 2. The molecule has 0 saturated heterocycles. The zero-order valence-electron chi connectivity index (χ0n) is 15.5. The molecule has 0 aromatic heterocycles. The first kappa shape index (κ1) is 18.4. The summed E-state index contributed by atoms with van der Waals surface area (Å²) >= 11 is 0. The molecule has 27 heavy (non-hydrogen) atoms. The summed E-state index contributed by atoms with van der Waals surface area (Å²) in [7, 11) is 0. The molecule has 0 fully saturated rings. The van der Waals surface area contributed by atoms with Gasteiger partial charge in [0.1, 0.15) is 0 Å². The normalized spacial score (nSPS) is 10.3. The minimum Gasteiger partial charge on any atom is -0.348 e. The Morgan fingerprint density at radius 3 is 2.22 bits per heavy atom. The molecule has 0 spiro atoms. The highest BCUT2D eigenvalue weighted by molar-refractivity contribution is 6.06. The van der Waals surface area contributed by atoms with Gasteiger partial charge < -0.3 is 10.6 Å². The van der Waals surface area contributed by atoms with Crippen LogP contribution in [0.2, 0.25) is 0 Å². The van der Waals surface area contributed by atoms with Gasteiger partial charge in [-0.2, -0.15) is 0 Å². The van der Waals surface area contributed by atoms with E-state index in [2.05, 4.69) is 10.6 Å². The summed E-state index contributed by atoms with van der Waals surface area (Å²) in [5.41, 5.74) is 4.77. The lowest BCUT2D eigenvalue weighted by atomic mass is 10.1. The van der Waals surface area contributed by atoms with Gasteiger partial charge >= 0.3 is 0 Å². The quantitative estimate of drug-likeness (QED) is 0.706. The average molecular weight is 358 g/mol. The highest BCUT2D eigenvalue weighted by atomic mass is 16.2. The summed E-state index contributed by atoms with van der Waals surface area (Å²) in [6.07, 6.45) is 0. The molecule has 3 rings (SSSR count). The Balaban J connectivity index is 1.69. The van der Waals surface area contributed by atoms with E-state index < -0.39 is 0 Å². The van der Waals surface area contributed by atoms with Gasteiger partial charge in [0.05, 0.1) is 0 Å². The second-order valence-electron chi connectivity index (χ2n) is 6.52. The van der Waals surface area contributed by atoms with Gasteiger partial charge in [-0.3, -0.25) is 9.59 Å². The number of anilines is 1. The van der Waals surface area contributed by atoms with E-state index >= 15 is 0 Å². The topological polar surface area (TPSA) is 58.2 Å². The monoisotopic (exact) mass is 358 g/mol. The number of hydrogen-bond acceptors (Lipinski definition) is 2. The molecule has 0 heterocycles. The maximum Gasteiger partial charge on any atom is 0.255 e. The highest BCUT2D eigenvalue weighted by Gasteiger charge is 2.12. The van der Waals surface area contributed by atoms with Gasteiger partial charge in [0.2, 0.25) is 0 Å². The molecule has 0 saturated carbocycles. The molecule has 2 amide bonds. The molecular formula is C23H22N2O2. The molecule has 0 atom stereocenters. The molecule has 0 radical (unpaired) electrons. The fraction of sp³-hybridized carbons (Fsp3) is 0.130. The summed E-state index contributed by atoms with van der Waals surface area (Å²) in [4.78, 5) is 25.0. The zero-order chi connectivity index (χ0) is 19.2. The van der Waals surface area contributed by atoms with Gasteiger partial charge in [0.15, 0.2) is 0 Å². The molecule has 136 valence electrons. The van der Waals surface area contributed by atoms with Gasteiger partial charge in [-0.15, -0.1) is 0 Å². The number of nitrogens with one attached hydrogen (secondary N) is 2. The molecule has 3 aromatic rings. The van der Waals surface area contributed by atoms with Crippen LogP contribution < -0.4 is 10.6 Å². The molecule has 0 aliphatic carbocycles. The maximum absolute atomic E-state index is 12.6. The summed E-state index contributed by atoms with van der Waals surface area (Å²) in [6, 6.07) is 22.3. The lowest BCUT2D eigenvalue weighted by Crippen LogP contribution is -2.23. The summed E-state index contributed by atoms with van der Waals surface area (Å²) in [6.45, 7) is 4.37. The Bertz CT molecular complexity index is 965. The third-order valence-electron chi connectivity index (χ3n) is 4.32. The van der Waals surface area contributed by atoms with Crippen LogP contribution in [0.5, 0.6) is 0 Å². The van der Waals surface area contributed by atoms with E-state index in [0.29, 0.717) is 17.7 Å². The van der Waals surface area contributed by atoms with E-state index in [4.69, 9.17) is 0 Å². The molecule has 0 unspecified atom stereocenters. The molecular weight excluding hydrogens is 336 g/mol. The third-order valence-corrected chi connectivity index (χ3v) is 4.32. The maximum atomic E-state index is 12.6. The molecule has 0 bridgehead atoms. The van der Waals surface area contributed by atoms with E-state index in [0.717, 1.165) is 22.4 Å². The van der Waals surface area contributed by atoms with Crippen molar-refractivity contribution < 1.29 is 9.59 Å². The first-order chi connectivity index (χ1) is 13.0. The first-order valence-electron chi connectivity index (χ1n) is 8.84. The van der Waals surface area contributed by atoms with Gasteiger partial charge in [-0.25, -0.2) is 0 Å². The summed E-state index contributed by atoms with van der Waals surface area (Å²) in [5, 5.41) is 5.80. The number of hydrogen-bond donors (Lipinski definition) is 2. The predicted molar refractivity (Wildman–Crippen MR) is 108 cm³/mol. The van der Waals surface area contributed by atoms with E-state index in [1.54, 1.807) is 24.3 Å². The smallest absolute Gasteiger partial charge is 0.255 e. The van der Waals surface area contributed by atoms with Crippen molar-refractivity contribution in [1.82, 2.24) is 5.32 Å².